The first-order valence-electron chi connectivity index (χ1n) is 4.76. The number of hydrogen-bond donors (Lipinski definition) is 0. The van der Waals surface area contributed by atoms with E-state index in [-0.39, 0.29) is 5.69 Å². The largest absolute Gasteiger partial charge is 0.382 e. The number of imidazole rings is 1. The van der Waals surface area contributed by atoms with E-state index in [1.54, 1.807) is 4.57 Å². The van der Waals surface area contributed by atoms with Gasteiger partial charge in [0.05, 0.1) is 6.33 Å². The maximum atomic E-state index is 8.83. The van der Waals surface area contributed by atoms with Crippen LogP contribution in [0, 0.1) is 22.7 Å². The molecule has 1 aromatic heterocycles. The molecule has 0 aliphatic carbocycles. The van der Waals surface area contributed by atoms with Crippen LogP contribution in [-0.4, -0.2) is 22.8 Å². The Morgan fingerprint density at radius 3 is 2.87 bits per heavy atom. The molecule has 0 fully saturated rings. The van der Waals surface area contributed by atoms with Crippen LogP contribution in [-0.2, 0) is 11.3 Å². The van der Waals surface area contributed by atoms with E-state index < -0.39 is 0 Å². The lowest BCUT2D eigenvalue weighted by atomic mass is 10.3. The third-order valence-corrected chi connectivity index (χ3v) is 1.94. The highest BCUT2D eigenvalue weighted by Crippen LogP contribution is 2.05. The maximum Gasteiger partial charge on any atom is 0.176 e. The monoisotopic (exact) mass is 204 g/mol. The fourth-order valence-electron chi connectivity index (χ4n) is 1.23. The summed E-state index contributed by atoms with van der Waals surface area (Å²) in [7, 11) is 0. The van der Waals surface area contributed by atoms with E-state index in [0.29, 0.717) is 25.5 Å². The quantitative estimate of drug-likeness (QED) is 0.672. The minimum absolute atomic E-state index is 0.189. The molecule has 0 unspecified atom stereocenters. The molecule has 0 bridgehead atoms. The van der Waals surface area contributed by atoms with Crippen molar-refractivity contribution in [2.45, 2.75) is 19.9 Å². The van der Waals surface area contributed by atoms with Crippen LogP contribution in [0.3, 0.4) is 0 Å². The highest BCUT2D eigenvalue weighted by atomic mass is 16.5. The molecule has 5 nitrogen and oxygen atoms in total. The SMILES string of the molecule is CCOCCCn1cnc(C#N)c1C#N. The first-order chi connectivity index (χ1) is 7.33. The van der Waals surface area contributed by atoms with Gasteiger partial charge in [0, 0.05) is 19.8 Å². The van der Waals surface area contributed by atoms with Crippen molar-refractivity contribution in [3.8, 4) is 12.1 Å². The van der Waals surface area contributed by atoms with Crippen LogP contribution in [0.15, 0.2) is 6.33 Å². The molecule has 0 saturated heterocycles. The Morgan fingerprint density at radius 1 is 1.47 bits per heavy atom. The smallest absolute Gasteiger partial charge is 0.176 e. The fraction of sp³-hybridized carbons (Fsp3) is 0.500. The van der Waals surface area contributed by atoms with Gasteiger partial charge in [-0.15, -0.1) is 0 Å². The number of nitriles is 2. The molecule has 0 aliphatic heterocycles. The molecule has 0 aromatic carbocycles. The minimum Gasteiger partial charge on any atom is -0.382 e. The zero-order valence-corrected chi connectivity index (χ0v) is 8.60. The molecule has 0 atom stereocenters. The Morgan fingerprint density at radius 2 is 2.27 bits per heavy atom. The Kier molecular flexibility index (Phi) is 4.33. The molecule has 0 radical (unpaired) electrons. The molecule has 1 aromatic rings. The van der Waals surface area contributed by atoms with Gasteiger partial charge in [-0.05, 0) is 13.3 Å². The zero-order chi connectivity index (χ0) is 11.1. The molecule has 5 heteroatoms. The van der Waals surface area contributed by atoms with E-state index in [9.17, 15) is 0 Å². The first kappa shape index (κ1) is 11.2. The van der Waals surface area contributed by atoms with Gasteiger partial charge in [0.15, 0.2) is 11.4 Å². The van der Waals surface area contributed by atoms with Crippen molar-refractivity contribution in [1.29, 1.82) is 10.5 Å². The summed E-state index contributed by atoms with van der Waals surface area (Å²) >= 11 is 0. The second kappa shape index (κ2) is 5.79. The number of hydrogen-bond acceptors (Lipinski definition) is 4. The van der Waals surface area contributed by atoms with Gasteiger partial charge < -0.3 is 9.30 Å². The third-order valence-electron chi connectivity index (χ3n) is 1.94. The Balaban J connectivity index is 2.59. The highest BCUT2D eigenvalue weighted by molar-refractivity contribution is 5.35. The molecule has 0 amide bonds. The lowest BCUT2D eigenvalue weighted by molar-refractivity contribution is 0.141. The van der Waals surface area contributed by atoms with Crippen molar-refractivity contribution in [3.05, 3.63) is 17.7 Å². The van der Waals surface area contributed by atoms with E-state index >= 15 is 0 Å². The number of rotatable bonds is 5. The maximum absolute atomic E-state index is 8.83. The van der Waals surface area contributed by atoms with Crippen LogP contribution < -0.4 is 0 Å². The van der Waals surface area contributed by atoms with E-state index in [4.69, 9.17) is 15.3 Å². The predicted molar refractivity (Wildman–Crippen MR) is 52.8 cm³/mol. The van der Waals surface area contributed by atoms with Gasteiger partial charge in [0.2, 0.25) is 0 Å². The standard InChI is InChI=1S/C10H12N4O/c1-2-15-5-3-4-14-8-13-9(6-11)10(14)7-12/h8H,2-5H2,1H3. The van der Waals surface area contributed by atoms with Gasteiger partial charge in [0.1, 0.15) is 12.1 Å². The van der Waals surface area contributed by atoms with Crippen molar-refractivity contribution in [1.82, 2.24) is 9.55 Å². The summed E-state index contributed by atoms with van der Waals surface area (Å²) in [6, 6.07) is 3.86. The van der Waals surface area contributed by atoms with Crippen LogP contribution in [0.1, 0.15) is 24.7 Å². The summed E-state index contributed by atoms with van der Waals surface area (Å²) in [5.41, 5.74) is 0.517. The van der Waals surface area contributed by atoms with Crippen LogP contribution in [0.5, 0.6) is 0 Å². The van der Waals surface area contributed by atoms with Crippen LogP contribution >= 0.6 is 0 Å². The molecule has 0 aliphatic rings. The summed E-state index contributed by atoms with van der Waals surface area (Å²) in [6.07, 6.45) is 2.33. The Hall–Kier alpha value is -1.85. The minimum atomic E-state index is 0.189. The molecular formula is C10H12N4O. The van der Waals surface area contributed by atoms with E-state index in [1.165, 1.54) is 6.33 Å². The molecule has 0 saturated carbocycles. The van der Waals surface area contributed by atoms with Crippen molar-refractivity contribution >= 4 is 0 Å². The Labute approximate surface area is 88.5 Å². The van der Waals surface area contributed by atoms with Crippen molar-refractivity contribution in [2.24, 2.45) is 0 Å². The lowest BCUT2D eigenvalue weighted by Gasteiger charge is -2.03. The number of nitrogens with zero attached hydrogens (tertiary/aromatic N) is 4. The van der Waals surface area contributed by atoms with Gasteiger partial charge in [-0.2, -0.15) is 10.5 Å². The second-order valence-electron chi connectivity index (χ2n) is 2.91. The van der Waals surface area contributed by atoms with E-state index in [1.807, 2.05) is 19.1 Å². The topological polar surface area (TPSA) is 74.6 Å². The summed E-state index contributed by atoms with van der Waals surface area (Å²) in [5, 5.41) is 17.5. The van der Waals surface area contributed by atoms with Gasteiger partial charge in [0.25, 0.3) is 0 Å². The van der Waals surface area contributed by atoms with Crippen LogP contribution in [0.2, 0.25) is 0 Å². The van der Waals surface area contributed by atoms with Crippen molar-refractivity contribution in [2.75, 3.05) is 13.2 Å². The summed E-state index contributed by atoms with van der Waals surface area (Å²) < 4.78 is 6.86. The molecule has 1 rings (SSSR count). The van der Waals surface area contributed by atoms with Crippen LogP contribution in [0.25, 0.3) is 0 Å². The third kappa shape index (κ3) is 2.80. The Bertz CT molecular complexity index is 397. The fourth-order valence-corrected chi connectivity index (χ4v) is 1.23. The molecule has 0 N–H and O–H groups in total. The second-order valence-corrected chi connectivity index (χ2v) is 2.91. The average molecular weight is 204 g/mol. The van der Waals surface area contributed by atoms with Crippen LogP contribution in [0.4, 0.5) is 0 Å². The highest BCUT2D eigenvalue weighted by Gasteiger charge is 2.08. The number of aryl methyl sites for hydroxylation is 1. The van der Waals surface area contributed by atoms with Gasteiger partial charge in [-0.1, -0.05) is 0 Å². The summed E-state index contributed by atoms with van der Waals surface area (Å²) in [6.45, 7) is 3.93. The normalized spacial score (nSPS) is 9.53. The molecular weight excluding hydrogens is 192 g/mol. The van der Waals surface area contributed by atoms with Gasteiger partial charge in [-0.3, -0.25) is 0 Å². The zero-order valence-electron chi connectivity index (χ0n) is 8.60. The van der Waals surface area contributed by atoms with E-state index in [2.05, 4.69) is 4.98 Å². The predicted octanol–water partition coefficient (Wildman–Crippen LogP) is 1.05. The number of aromatic nitrogens is 2. The number of ether oxygens (including phenoxy) is 1. The average Bonchev–Trinajstić information content (AvgIpc) is 2.66. The molecule has 15 heavy (non-hydrogen) atoms. The van der Waals surface area contributed by atoms with Gasteiger partial charge >= 0.3 is 0 Å². The summed E-state index contributed by atoms with van der Waals surface area (Å²) in [4.78, 5) is 3.84. The molecule has 78 valence electrons. The van der Waals surface area contributed by atoms with Crippen molar-refractivity contribution in [3.63, 3.8) is 0 Å². The van der Waals surface area contributed by atoms with Crippen molar-refractivity contribution < 1.29 is 4.74 Å². The van der Waals surface area contributed by atoms with E-state index in [0.717, 1.165) is 6.42 Å². The van der Waals surface area contributed by atoms with Gasteiger partial charge in [-0.25, -0.2) is 4.98 Å². The summed E-state index contributed by atoms with van der Waals surface area (Å²) in [5.74, 6) is 0. The molecule has 0 spiro atoms. The first-order valence-corrected chi connectivity index (χ1v) is 4.76. The molecule has 1 heterocycles. The lowest BCUT2D eigenvalue weighted by Crippen LogP contribution is -2.03.